The van der Waals surface area contributed by atoms with Crippen LogP contribution in [0.15, 0.2) is 22.7 Å². The molecule has 1 amide bonds. The maximum absolute atomic E-state index is 10.6. The third kappa shape index (κ3) is 3.45. The molecule has 0 aliphatic carbocycles. The summed E-state index contributed by atoms with van der Waals surface area (Å²) >= 11 is 8.98. The van der Waals surface area contributed by atoms with Crippen molar-refractivity contribution < 1.29 is 15.0 Å². The molecule has 0 spiro atoms. The van der Waals surface area contributed by atoms with Crippen LogP contribution in [0.4, 0.5) is 0 Å². The summed E-state index contributed by atoms with van der Waals surface area (Å²) in [6.07, 6.45) is -2.67. The number of amides is 1. The summed E-state index contributed by atoms with van der Waals surface area (Å²) in [6.45, 7) is 0. The van der Waals surface area contributed by atoms with Crippen LogP contribution in [-0.4, -0.2) is 22.2 Å². The summed E-state index contributed by atoms with van der Waals surface area (Å²) in [5.74, 6) is -0.667. The Kier molecular flexibility index (Phi) is 4.73. The summed E-state index contributed by atoms with van der Waals surface area (Å²) in [7, 11) is 0. The first-order valence-corrected chi connectivity index (χ1v) is 5.68. The average Bonchev–Trinajstić information content (AvgIpc) is 2.20. The Bertz CT molecular complexity index is 400. The van der Waals surface area contributed by atoms with Crippen LogP contribution in [0.5, 0.6) is 0 Å². The number of hydrogen-bond donors (Lipinski definition) is 3. The molecule has 0 heterocycles. The first-order valence-electron chi connectivity index (χ1n) is 4.51. The van der Waals surface area contributed by atoms with Crippen molar-refractivity contribution >= 4 is 33.4 Å². The van der Waals surface area contributed by atoms with Gasteiger partial charge >= 0.3 is 0 Å². The van der Waals surface area contributed by atoms with E-state index in [1.165, 1.54) is 0 Å². The Morgan fingerprint density at radius 2 is 2.12 bits per heavy atom. The lowest BCUT2D eigenvalue weighted by atomic mass is 10.0. The zero-order chi connectivity index (χ0) is 12.3. The topological polar surface area (TPSA) is 83.6 Å². The number of hydrogen-bond acceptors (Lipinski definition) is 3. The Balaban J connectivity index is 2.83. The normalized spacial score (nSPS) is 14.5. The van der Waals surface area contributed by atoms with E-state index in [9.17, 15) is 15.0 Å². The van der Waals surface area contributed by atoms with E-state index in [1.54, 1.807) is 18.2 Å². The summed E-state index contributed by atoms with van der Waals surface area (Å²) in [5.41, 5.74) is 5.39. The Morgan fingerprint density at radius 1 is 1.50 bits per heavy atom. The van der Waals surface area contributed by atoms with Crippen LogP contribution in [-0.2, 0) is 4.79 Å². The molecule has 0 radical (unpaired) electrons. The molecular weight excluding hydrogens is 297 g/mol. The van der Waals surface area contributed by atoms with Gasteiger partial charge in [0.1, 0.15) is 6.10 Å². The molecule has 1 aromatic rings. The molecule has 0 aromatic heterocycles. The second-order valence-electron chi connectivity index (χ2n) is 3.36. The van der Waals surface area contributed by atoms with Gasteiger partial charge in [0, 0.05) is 4.47 Å². The maximum atomic E-state index is 10.6. The Morgan fingerprint density at radius 3 is 2.62 bits per heavy atom. The smallest absolute Gasteiger partial charge is 0.220 e. The number of carbonyl (C=O) groups excluding carboxylic acids is 1. The molecule has 16 heavy (non-hydrogen) atoms. The largest absolute Gasteiger partial charge is 0.390 e. The third-order valence-electron chi connectivity index (χ3n) is 2.06. The van der Waals surface area contributed by atoms with Crippen LogP contribution in [0.2, 0.25) is 5.02 Å². The fourth-order valence-electron chi connectivity index (χ4n) is 1.24. The van der Waals surface area contributed by atoms with E-state index in [2.05, 4.69) is 15.9 Å². The van der Waals surface area contributed by atoms with Crippen molar-refractivity contribution in [2.24, 2.45) is 5.73 Å². The maximum Gasteiger partial charge on any atom is 0.220 e. The first kappa shape index (κ1) is 13.4. The van der Waals surface area contributed by atoms with Crippen LogP contribution in [0.1, 0.15) is 18.1 Å². The number of halogens is 2. The third-order valence-corrected chi connectivity index (χ3v) is 3.27. The minimum Gasteiger partial charge on any atom is -0.390 e. The number of aliphatic hydroxyl groups excluding tert-OH is 2. The van der Waals surface area contributed by atoms with Crippen molar-refractivity contribution in [3.05, 3.63) is 33.3 Å². The number of aliphatic hydroxyl groups is 2. The second-order valence-corrected chi connectivity index (χ2v) is 4.62. The standard InChI is InChI=1S/C10H11BrClNO3/c11-6-3-5(1-2-7(6)12)10(16)8(14)4-9(13)15/h1-3,8,10,14,16H,4H2,(H2,13,15). The minimum atomic E-state index is -1.22. The van der Waals surface area contributed by atoms with Crippen LogP contribution in [0.25, 0.3) is 0 Å². The molecule has 88 valence electrons. The second kappa shape index (κ2) is 5.63. The molecule has 0 fully saturated rings. The van der Waals surface area contributed by atoms with Gasteiger partial charge in [-0.1, -0.05) is 17.7 Å². The van der Waals surface area contributed by atoms with Crippen molar-refractivity contribution in [3.63, 3.8) is 0 Å². The highest BCUT2D eigenvalue weighted by molar-refractivity contribution is 9.10. The van der Waals surface area contributed by atoms with Gasteiger partial charge in [-0.05, 0) is 33.6 Å². The van der Waals surface area contributed by atoms with Crippen molar-refractivity contribution in [2.75, 3.05) is 0 Å². The zero-order valence-corrected chi connectivity index (χ0v) is 10.6. The number of benzene rings is 1. The summed E-state index contributed by atoms with van der Waals surface area (Å²) in [6, 6.07) is 4.74. The fraction of sp³-hybridized carbons (Fsp3) is 0.300. The van der Waals surface area contributed by atoms with Crippen LogP contribution in [0.3, 0.4) is 0 Å². The molecule has 0 saturated heterocycles. The van der Waals surface area contributed by atoms with Crippen LogP contribution >= 0.6 is 27.5 Å². The molecule has 0 aliphatic heterocycles. The van der Waals surface area contributed by atoms with Gasteiger partial charge in [0.2, 0.25) is 5.91 Å². The van der Waals surface area contributed by atoms with Gasteiger partial charge < -0.3 is 15.9 Å². The van der Waals surface area contributed by atoms with Gasteiger partial charge in [-0.25, -0.2) is 0 Å². The monoisotopic (exact) mass is 307 g/mol. The lowest BCUT2D eigenvalue weighted by Gasteiger charge is -2.17. The molecule has 2 unspecified atom stereocenters. The van der Waals surface area contributed by atoms with Crippen LogP contribution < -0.4 is 5.73 Å². The Hall–Kier alpha value is -0.620. The summed E-state index contributed by atoms with van der Waals surface area (Å²) in [5, 5.41) is 19.7. The predicted octanol–water partition coefficient (Wildman–Crippen LogP) is 1.37. The van der Waals surface area contributed by atoms with E-state index in [0.29, 0.717) is 15.1 Å². The number of carbonyl (C=O) groups is 1. The minimum absolute atomic E-state index is 0.290. The molecule has 1 rings (SSSR count). The zero-order valence-electron chi connectivity index (χ0n) is 8.23. The summed E-state index contributed by atoms with van der Waals surface area (Å²) in [4.78, 5) is 10.6. The highest BCUT2D eigenvalue weighted by Crippen LogP contribution is 2.27. The lowest BCUT2D eigenvalue weighted by Crippen LogP contribution is -2.25. The Labute approximate surface area is 106 Å². The first-order chi connectivity index (χ1) is 7.41. The van der Waals surface area contributed by atoms with E-state index in [4.69, 9.17) is 17.3 Å². The number of rotatable bonds is 4. The van der Waals surface area contributed by atoms with Gasteiger partial charge in [0.15, 0.2) is 0 Å². The molecule has 4 N–H and O–H groups in total. The van der Waals surface area contributed by atoms with Crippen molar-refractivity contribution in [1.82, 2.24) is 0 Å². The quantitative estimate of drug-likeness (QED) is 0.785. The molecule has 1 aromatic carbocycles. The molecule has 6 heteroatoms. The van der Waals surface area contributed by atoms with E-state index in [1.807, 2.05) is 0 Å². The van der Waals surface area contributed by atoms with Gasteiger partial charge in [-0.15, -0.1) is 0 Å². The molecule has 4 nitrogen and oxygen atoms in total. The van der Waals surface area contributed by atoms with Crippen molar-refractivity contribution in [3.8, 4) is 0 Å². The van der Waals surface area contributed by atoms with Crippen LogP contribution in [0, 0.1) is 0 Å². The van der Waals surface area contributed by atoms with Gasteiger partial charge in [0.05, 0.1) is 17.5 Å². The fourth-order valence-corrected chi connectivity index (χ4v) is 1.75. The summed E-state index contributed by atoms with van der Waals surface area (Å²) < 4.78 is 0.608. The molecule has 0 bridgehead atoms. The van der Waals surface area contributed by atoms with Crippen molar-refractivity contribution in [2.45, 2.75) is 18.6 Å². The molecule has 0 saturated carbocycles. The predicted molar refractivity (Wildman–Crippen MR) is 63.9 cm³/mol. The van der Waals surface area contributed by atoms with Gasteiger partial charge in [-0.2, -0.15) is 0 Å². The highest BCUT2D eigenvalue weighted by Gasteiger charge is 2.20. The molecule has 2 atom stereocenters. The van der Waals surface area contributed by atoms with E-state index < -0.39 is 18.1 Å². The highest BCUT2D eigenvalue weighted by atomic mass is 79.9. The number of primary amides is 1. The van der Waals surface area contributed by atoms with E-state index >= 15 is 0 Å². The van der Waals surface area contributed by atoms with Crippen molar-refractivity contribution in [1.29, 1.82) is 0 Å². The SMILES string of the molecule is NC(=O)CC(O)C(O)c1ccc(Cl)c(Br)c1. The van der Waals surface area contributed by atoms with Gasteiger partial charge in [0.25, 0.3) is 0 Å². The molecule has 0 aliphatic rings. The average molecular weight is 309 g/mol. The van der Waals surface area contributed by atoms with E-state index in [-0.39, 0.29) is 6.42 Å². The van der Waals surface area contributed by atoms with E-state index in [0.717, 1.165) is 0 Å². The van der Waals surface area contributed by atoms with Gasteiger partial charge in [-0.3, -0.25) is 4.79 Å². The lowest BCUT2D eigenvalue weighted by molar-refractivity contribution is -0.121. The molecular formula is C10H11BrClNO3. The number of nitrogens with two attached hydrogens (primary N) is 1.